The van der Waals surface area contributed by atoms with Gasteiger partial charge in [0.15, 0.2) is 0 Å². The van der Waals surface area contributed by atoms with Crippen LogP contribution in [0.5, 0.6) is 0 Å². The first-order valence-electron chi connectivity index (χ1n) is 1.09. The minimum Gasteiger partial charge on any atom is -0.390 e. The Bertz CT molecular complexity index is 49.6. The van der Waals surface area contributed by atoms with Crippen LogP contribution in [-0.2, 0) is 4.79 Å². The lowest BCUT2D eigenvalue weighted by atomic mass is 11.2. The van der Waals surface area contributed by atoms with Crippen LogP contribution in [0.4, 0.5) is 0 Å². The highest BCUT2D eigenvalue weighted by molar-refractivity contribution is 5.65. The van der Waals surface area contributed by atoms with Gasteiger partial charge in [-0.2, -0.15) is 0 Å². The molecule has 3 nitrogen and oxygen atoms in total. The van der Waals surface area contributed by atoms with Gasteiger partial charge in [0.2, 0.25) is 6.41 Å². The fraction of sp³-hybridized carbons (Fsp3) is 0. The molecule has 3 heteroatoms. The second-order valence-electron chi connectivity index (χ2n) is 0.404. The van der Waals surface area contributed by atoms with Gasteiger partial charge in [0, 0.05) is 0 Å². The van der Waals surface area contributed by atoms with E-state index in [2.05, 4.69) is 10.7 Å². The molecular formula is C2H4N2O. The van der Waals surface area contributed by atoms with E-state index in [1.165, 1.54) is 0 Å². The average Bonchev–Trinajstić information content (AvgIpc) is 1.41. The molecule has 0 aliphatic heterocycles. The van der Waals surface area contributed by atoms with Crippen LogP contribution >= 0.6 is 0 Å². The van der Waals surface area contributed by atoms with Crippen molar-refractivity contribution in [3.05, 3.63) is 0 Å². The monoisotopic (exact) mass is 72.0 g/mol. The van der Waals surface area contributed by atoms with Crippen molar-refractivity contribution >= 4 is 12.7 Å². The maximum Gasteiger partial charge on any atom is 0.234 e. The van der Waals surface area contributed by atoms with Gasteiger partial charge in [-0.05, 0) is 0 Å². The minimum atomic E-state index is 0.375. The van der Waals surface area contributed by atoms with E-state index >= 15 is 0 Å². The summed E-state index contributed by atoms with van der Waals surface area (Å²) in [4.78, 5) is 12.1. The topological polar surface area (TPSA) is 55.4 Å². The van der Waals surface area contributed by atoms with Crippen LogP contribution in [0.2, 0.25) is 0 Å². The molecule has 0 aliphatic carbocycles. The summed E-state index contributed by atoms with van der Waals surface area (Å²) in [5, 5.41) is 0. The lowest BCUT2D eigenvalue weighted by molar-refractivity contribution is -0.106. The van der Waals surface area contributed by atoms with Crippen LogP contribution < -0.4 is 5.73 Å². The zero-order valence-corrected chi connectivity index (χ0v) is 2.59. The molecule has 0 aromatic rings. The molecule has 0 aromatic carbocycles. The second-order valence-corrected chi connectivity index (χ2v) is 0.404. The molecular weight excluding hydrogens is 68.0 g/mol. The summed E-state index contributed by atoms with van der Waals surface area (Å²) in [6, 6.07) is 0. The Morgan fingerprint density at radius 2 is 2.40 bits per heavy atom. The van der Waals surface area contributed by atoms with Crippen LogP contribution in [0.15, 0.2) is 4.99 Å². The number of hydrogen-bond donors (Lipinski definition) is 1. The number of hydrogen-bond acceptors (Lipinski definition) is 1. The van der Waals surface area contributed by atoms with Crippen LogP contribution in [0.1, 0.15) is 0 Å². The second kappa shape index (κ2) is 3.14. The number of nitrogens with zero attached hydrogens (tertiary/aromatic N) is 1. The van der Waals surface area contributed by atoms with Gasteiger partial charge < -0.3 is 5.73 Å². The first kappa shape index (κ1) is 4.14. The maximum atomic E-state index is 9.13. The van der Waals surface area contributed by atoms with Crippen molar-refractivity contribution in [1.82, 2.24) is 0 Å². The van der Waals surface area contributed by atoms with Crippen LogP contribution in [0, 0.1) is 0 Å². The Morgan fingerprint density at radius 1 is 1.80 bits per heavy atom. The molecule has 0 heterocycles. The number of amides is 1. The van der Waals surface area contributed by atoms with E-state index in [0.717, 1.165) is 6.34 Å². The summed E-state index contributed by atoms with van der Waals surface area (Å²) in [5.74, 6) is 0. The van der Waals surface area contributed by atoms with Gasteiger partial charge in [-0.3, -0.25) is 4.79 Å². The third-order valence-electron chi connectivity index (χ3n) is 0.147. The first-order valence-corrected chi connectivity index (χ1v) is 1.09. The third-order valence-corrected chi connectivity index (χ3v) is 0.147. The minimum absolute atomic E-state index is 0.375. The molecule has 0 saturated carbocycles. The molecule has 0 atom stereocenters. The van der Waals surface area contributed by atoms with Crippen LogP contribution in [-0.4, -0.2) is 12.7 Å². The number of carbonyl (C=O) groups excluding carboxylic acids is 1. The molecule has 0 aromatic heterocycles. The standard InChI is InChI=1S/C2H4N2O/c3-1-4-2-5/h1-2H,(H2,3,4,5). The molecule has 5 heavy (non-hydrogen) atoms. The lowest BCUT2D eigenvalue weighted by Gasteiger charge is -1.56. The van der Waals surface area contributed by atoms with Gasteiger partial charge in [0.1, 0.15) is 0 Å². The molecule has 0 fully saturated rings. The normalized spacial score (nSPS) is 8.80. The lowest BCUT2D eigenvalue weighted by Crippen LogP contribution is -1.86. The van der Waals surface area contributed by atoms with E-state index < -0.39 is 0 Å². The summed E-state index contributed by atoms with van der Waals surface area (Å²) >= 11 is 0. The van der Waals surface area contributed by atoms with E-state index in [-0.39, 0.29) is 0 Å². The predicted octanol–water partition coefficient (Wildman–Crippen LogP) is -0.870. The SMILES string of the molecule is N/C=N\C=O. The van der Waals surface area contributed by atoms with Crippen molar-refractivity contribution in [2.75, 3.05) is 0 Å². The average molecular weight is 72.1 g/mol. The van der Waals surface area contributed by atoms with Gasteiger partial charge >= 0.3 is 0 Å². The van der Waals surface area contributed by atoms with Crippen molar-refractivity contribution in [3.63, 3.8) is 0 Å². The Balaban J connectivity index is 2.92. The van der Waals surface area contributed by atoms with Crippen molar-refractivity contribution in [2.24, 2.45) is 10.7 Å². The molecule has 2 N–H and O–H groups in total. The Morgan fingerprint density at radius 3 is 2.40 bits per heavy atom. The molecule has 0 radical (unpaired) electrons. The largest absolute Gasteiger partial charge is 0.390 e. The number of carbonyl (C=O) groups is 1. The zero-order chi connectivity index (χ0) is 4.12. The van der Waals surface area contributed by atoms with E-state index in [1.54, 1.807) is 0 Å². The maximum absolute atomic E-state index is 9.13. The highest BCUT2D eigenvalue weighted by Gasteiger charge is 1.46. The van der Waals surface area contributed by atoms with Gasteiger partial charge in [-0.15, -0.1) is 0 Å². The third kappa shape index (κ3) is 3.14. The van der Waals surface area contributed by atoms with Gasteiger partial charge in [0.05, 0.1) is 6.34 Å². The molecule has 0 spiro atoms. The quantitative estimate of drug-likeness (QED) is 0.248. The fourth-order valence-electron chi connectivity index (χ4n) is 0.0351. The molecule has 28 valence electrons. The van der Waals surface area contributed by atoms with Crippen molar-refractivity contribution in [3.8, 4) is 0 Å². The van der Waals surface area contributed by atoms with Crippen molar-refractivity contribution < 1.29 is 4.79 Å². The van der Waals surface area contributed by atoms with Gasteiger partial charge in [-0.1, -0.05) is 0 Å². The molecule has 1 amide bonds. The van der Waals surface area contributed by atoms with Crippen molar-refractivity contribution in [2.45, 2.75) is 0 Å². The highest BCUT2D eigenvalue weighted by Crippen LogP contribution is 1.36. The molecule has 0 bridgehead atoms. The molecule has 0 rings (SSSR count). The van der Waals surface area contributed by atoms with E-state index in [1.807, 2.05) is 0 Å². The summed E-state index contributed by atoms with van der Waals surface area (Å²) in [5.41, 5.74) is 4.62. The van der Waals surface area contributed by atoms with E-state index in [0.29, 0.717) is 6.41 Å². The van der Waals surface area contributed by atoms with Gasteiger partial charge in [0.25, 0.3) is 0 Å². The number of rotatable bonds is 1. The van der Waals surface area contributed by atoms with Gasteiger partial charge in [-0.25, -0.2) is 4.99 Å². The molecule has 0 saturated heterocycles. The number of nitrogens with two attached hydrogens (primary N) is 1. The predicted molar refractivity (Wildman–Crippen MR) is 18.7 cm³/mol. The molecule has 0 aliphatic rings. The first-order chi connectivity index (χ1) is 2.41. The van der Waals surface area contributed by atoms with E-state index in [9.17, 15) is 0 Å². The number of aliphatic imine (C=N–C) groups is 1. The summed E-state index contributed by atoms with van der Waals surface area (Å²) in [7, 11) is 0. The smallest absolute Gasteiger partial charge is 0.234 e. The Hall–Kier alpha value is -0.860. The highest BCUT2D eigenvalue weighted by atomic mass is 16.1. The zero-order valence-electron chi connectivity index (χ0n) is 2.59. The molecule has 0 unspecified atom stereocenters. The summed E-state index contributed by atoms with van der Waals surface area (Å²) in [6.07, 6.45) is 1.31. The summed E-state index contributed by atoms with van der Waals surface area (Å²) in [6.45, 7) is 0. The summed E-state index contributed by atoms with van der Waals surface area (Å²) < 4.78 is 0. The Kier molecular flexibility index (Phi) is 2.60. The Labute approximate surface area is 29.5 Å². The van der Waals surface area contributed by atoms with Crippen LogP contribution in [0.3, 0.4) is 0 Å². The van der Waals surface area contributed by atoms with E-state index in [4.69, 9.17) is 4.79 Å². The fourth-order valence-corrected chi connectivity index (χ4v) is 0.0351. The van der Waals surface area contributed by atoms with Crippen molar-refractivity contribution in [1.29, 1.82) is 0 Å². The van der Waals surface area contributed by atoms with Crippen LogP contribution in [0.25, 0.3) is 0 Å².